The van der Waals surface area contributed by atoms with Crippen molar-refractivity contribution >= 4 is 17.6 Å². The first-order valence-corrected chi connectivity index (χ1v) is 5.62. The molecule has 2 nitrogen and oxygen atoms in total. The summed E-state index contributed by atoms with van der Waals surface area (Å²) in [6.07, 6.45) is 1.81. The molecular formula is C15H16N2. The first-order chi connectivity index (χ1) is 8.16. The van der Waals surface area contributed by atoms with Crippen LogP contribution in [0.25, 0.3) is 0 Å². The summed E-state index contributed by atoms with van der Waals surface area (Å²) in [6.45, 7) is 4.06. The van der Waals surface area contributed by atoms with E-state index in [4.69, 9.17) is 5.73 Å². The average molecular weight is 224 g/mol. The summed E-state index contributed by atoms with van der Waals surface area (Å²) in [5.74, 6) is 0. The van der Waals surface area contributed by atoms with Crippen molar-refractivity contribution in [2.75, 3.05) is 5.73 Å². The highest BCUT2D eigenvalue weighted by molar-refractivity contribution is 5.89. The number of hydrogen-bond acceptors (Lipinski definition) is 2. The van der Waals surface area contributed by atoms with Crippen LogP contribution in [-0.4, -0.2) is 6.21 Å². The van der Waals surface area contributed by atoms with Crippen molar-refractivity contribution in [2.24, 2.45) is 4.99 Å². The smallest absolute Gasteiger partial charge is 0.0630 e. The van der Waals surface area contributed by atoms with Crippen LogP contribution in [0.3, 0.4) is 0 Å². The van der Waals surface area contributed by atoms with Gasteiger partial charge in [0, 0.05) is 17.5 Å². The van der Waals surface area contributed by atoms with Crippen molar-refractivity contribution in [3.63, 3.8) is 0 Å². The largest absolute Gasteiger partial charge is 0.398 e. The van der Waals surface area contributed by atoms with Crippen LogP contribution < -0.4 is 5.73 Å². The molecule has 17 heavy (non-hydrogen) atoms. The minimum atomic E-state index is 0.795. The van der Waals surface area contributed by atoms with Crippen LogP contribution in [0.2, 0.25) is 0 Å². The number of para-hydroxylation sites is 1. The predicted molar refractivity (Wildman–Crippen MR) is 74.0 cm³/mol. The maximum Gasteiger partial charge on any atom is 0.0630 e. The van der Waals surface area contributed by atoms with Crippen LogP contribution >= 0.6 is 0 Å². The van der Waals surface area contributed by atoms with Crippen molar-refractivity contribution in [1.29, 1.82) is 0 Å². The Bertz CT molecular complexity index is 539. The quantitative estimate of drug-likeness (QED) is 0.614. The zero-order chi connectivity index (χ0) is 12.3. The number of nitrogen functional groups attached to an aromatic ring is 1. The molecule has 0 saturated carbocycles. The van der Waals surface area contributed by atoms with Gasteiger partial charge in [-0.1, -0.05) is 35.9 Å². The molecule has 2 aromatic rings. The molecule has 0 atom stereocenters. The fourth-order valence-corrected chi connectivity index (χ4v) is 1.59. The minimum absolute atomic E-state index is 0.795. The predicted octanol–water partition coefficient (Wildman–Crippen LogP) is 3.64. The van der Waals surface area contributed by atoms with Gasteiger partial charge in [-0.25, -0.2) is 0 Å². The zero-order valence-electron chi connectivity index (χ0n) is 10.1. The highest BCUT2D eigenvalue weighted by Crippen LogP contribution is 2.17. The summed E-state index contributed by atoms with van der Waals surface area (Å²) < 4.78 is 0. The monoisotopic (exact) mass is 224 g/mol. The van der Waals surface area contributed by atoms with Gasteiger partial charge in [0.25, 0.3) is 0 Å². The van der Waals surface area contributed by atoms with E-state index in [2.05, 4.69) is 11.9 Å². The van der Waals surface area contributed by atoms with E-state index in [1.165, 1.54) is 5.56 Å². The molecule has 2 N–H and O–H groups in total. The molecule has 0 radical (unpaired) electrons. The molecule has 0 spiro atoms. The van der Waals surface area contributed by atoms with Gasteiger partial charge in [0.15, 0.2) is 0 Å². The molecule has 0 fully saturated rings. The summed E-state index contributed by atoms with van der Waals surface area (Å²) in [4.78, 5) is 4.41. The van der Waals surface area contributed by atoms with E-state index in [0.717, 1.165) is 22.5 Å². The van der Waals surface area contributed by atoms with Gasteiger partial charge in [-0.05, 0) is 31.5 Å². The summed E-state index contributed by atoms with van der Waals surface area (Å²) >= 11 is 0. The maximum atomic E-state index is 5.98. The van der Waals surface area contributed by atoms with Crippen LogP contribution in [0.5, 0.6) is 0 Å². The molecule has 0 bridgehead atoms. The molecule has 0 saturated heterocycles. The number of aliphatic imine (C=N–C) groups is 1. The SMILES string of the molecule is Cc1ccc(N=Cc2cccc(C)c2N)cc1. The second-order valence-electron chi connectivity index (χ2n) is 4.17. The Balaban J connectivity index is 2.26. The standard InChI is InChI=1S/C15H16N2/c1-11-6-8-14(9-7-11)17-10-13-5-3-4-12(2)15(13)16/h3-10H,16H2,1-2H3. The molecule has 2 aromatic carbocycles. The molecule has 0 heterocycles. The Morgan fingerprint density at radius 3 is 2.41 bits per heavy atom. The molecule has 2 rings (SSSR count). The molecule has 86 valence electrons. The Kier molecular flexibility index (Phi) is 3.24. The van der Waals surface area contributed by atoms with Gasteiger partial charge >= 0.3 is 0 Å². The van der Waals surface area contributed by atoms with E-state index in [1.807, 2.05) is 55.6 Å². The molecular weight excluding hydrogens is 208 g/mol. The second kappa shape index (κ2) is 4.83. The Hall–Kier alpha value is -2.09. The number of benzene rings is 2. The Labute approximate surface area is 102 Å². The van der Waals surface area contributed by atoms with Crippen molar-refractivity contribution in [2.45, 2.75) is 13.8 Å². The fourth-order valence-electron chi connectivity index (χ4n) is 1.59. The maximum absolute atomic E-state index is 5.98. The summed E-state index contributed by atoms with van der Waals surface area (Å²) in [6, 6.07) is 14.1. The lowest BCUT2D eigenvalue weighted by molar-refractivity contribution is 1.43. The van der Waals surface area contributed by atoms with Crippen molar-refractivity contribution in [3.8, 4) is 0 Å². The lowest BCUT2D eigenvalue weighted by atomic mass is 10.1. The van der Waals surface area contributed by atoms with Gasteiger partial charge in [-0.15, -0.1) is 0 Å². The first kappa shape index (κ1) is 11.4. The second-order valence-corrected chi connectivity index (χ2v) is 4.17. The van der Waals surface area contributed by atoms with Crippen LogP contribution in [0.15, 0.2) is 47.5 Å². The van der Waals surface area contributed by atoms with E-state index in [1.54, 1.807) is 0 Å². The first-order valence-electron chi connectivity index (χ1n) is 5.62. The number of aryl methyl sites for hydroxylation is 2. The van der Waals surface area contributed by atoms with Crippen LogP contribution in [-0.2, 0) is 0 Å². The Morgan fingerprint density at radius 1 is 1.00 bits per heavy atom. The molecule has 0 unspecified atom stereocenters. The average Bonchev–Trinajstić information content (AvgIpc) is 2.33. The summed E-state index contributed by atoms with van der Waals surface area (Å²) in [7, 11) is 0. The third-order valence-corrected chi connectivity index (χ3v) is 2.74. The number of nitrogens with two attached hydrogens (primary N) is 1. The third-order valence-electron chi connectivity index (χ3n) is 2.74. The molecule has 0 amide bonds. The number of hydrogen-bond donors (Lipinski definition) is 1. The van der Waals surface area contributed by atoms with Crippen molar-refractivity contribution < 1.29 is 0 Å². The molecule has 0 aliphatic rings. The fraction of sp³-hybridized carbons (Fsp3) is 0.133. The molecule has 0 aliphatic heterocycles. The van der Waals surface area contributed by atoms with Gasteiger partial charge in [-0.2, -0.15) is 0 Å². The molecule has 2 heteroatoms. The van der Waals surface area contributed by atoms with Crippen molar-refractivity contribution in [3.05, 3.63) is 59.2 Å². The van der Waals surface area contributed by atoms with E-state index in [0.29, 0.717) is 0 Å². The lowest BCUT2D eigenvalue weighted by Crippen LogP contribution is -1.95. The summed E-state index contributed by atoms with van der Waals surface area (Å²) in [5, 5.41) is 0. The van der Waals surface area contributed by atoms with Crippen LogP contribution in [0.1, 0.15) is 16.7 Å². The third kappa shape index (κ3) is 2.72. The number of nitrogens with zero attached hydrogens (tertiary/aromatic N) is 1. The van der Waals surface area contributed by atoms with Gasteiger partial charge in [-0.3, -0.25) is 4.99 Å². The van der Waals surface area contributed by atoms with E-state index < -0.39 is 0 Å². The number of rotatable bonds is 2. The van der Waals surface area contributed by atoms with Gasteiger partial charge in [0.2, 0.25) is 0 Å². The van der Waals surface area contributed by atoms with E-state index in [9.17, 15) is 0 Å². The molecule has 0 aliphatic carbocycles. The highest BCUT2D eigenvalue weighted by atomic mass is 14.7. The van der Waals surface area contributed by atoms with E-state index in [-0.39, 0.29) is 0 Å². The normalized spacial score (nSPS) is 10.9. The van der Waals surface area contributed by atoms with Gasteiger partial charge in [0.1, 0.15) is 0 Å². The van der Waals surface area contributed by atoms with Crippen molar-refractivity contribution in [1.82, 2.24) is 0 Å². The van der Waals surface area contributed by atoms with Crippen LogP contribution in [0, 0.1) is 13.8 Å². The number of anilines is 1. The highest BCUT2D eigenvalue weighted by Gasteiger charge is 1.97. The van der Waals surface area contributed by atoms with Crippen LogP contribution in [0.4, 0.5) is 11.4 Å². The van der Waals surface area contributed by atoms with E-state index >= 15 is 0 Å². The zero-order valence-corrected chi connectivity index (χ0v) is 10.1. The van der Waals surface area contributed by atoms with Gasteiger partial charge < -0.3 is 5.73 Å². The minimum Gasteiger partial charge on any atom is -0.398 e. The lowest BCUT2D eigenvalue weighted by Gasteiger charge is -2.03. The Morgan fingerprint density at radius 2 is 1.71 bits per heavy atom. The topological polar surface area (TPSA) is 38.4 Å². The van der Waals surface area contributed by atoms with Gasteiger partial charge in [0.05, 0.1) is 5.69 Å². The molecule has 0 aromatic heterocycles. The summed E-state index contributed by atoms with van der Waals surface area (Å²) in [5.41, 5.74) is 11.0.